The fraction of sp³-hybridized carbons (Fsp3) is 0.250. The van der Waals surface area contributed by atoms with E-state index in [1.807, 2.05) is 25.1 Å². The van der Waals surface area contributed by atoms with Gasteiger partial charge in [0, 0.05) is 18.3 Å². The van der Waals surface area contributed by atoms with Crippen LogP contribution < -0.4 is 5.32 Å². The minimum atomic E-state index is -0.195. The molecule has 21 heavy (non-hydrogen) atoms. The molecule has 0 atom stereocenters. The van der Waals surface area contributed by atoms with Crippen LogP contribution in [0.15, 0.2) is 30.7 Å². The first-order valence-electron chi connectivity index (χ1n) is 6.66. The highest BCUT2D eigenvalue weighted by molar-refractivity contribution is 6.03. The number of carbonyl (C=O) groups excluding carboxylic acids is 1. The first kappa shape index (κ1) is 14.8. The quantitative estimate of drug-likeness (QED) is 0.840. The van der Waals surface area contributed by atoms with Gasteiger partial charge >= 0.3 is 0 Å². The summed E-state index contributed by atoms with van der Waals surface area (Å²) in [6, 6.07) is 5.57. The predicted molar refractivity (Wildman–Crippen MR) is 80.9 cm³/mol. The second kappa shape index (κ2) is 6.73. The van der Waals surface area contributed by atoms with Crippen molar-refractivity contribution in [3.05, 3.63) is 47.5 Å². The van der Waals surface area contributed by atoms with Crippen molar-refractivity contribution < 1.29 is 9.90 Å². The molecule has 108 valence electrons. The van der Waals surface area contributed by atoms with Crippen molar-refractivity contribution in [1.29, 1.82) is 0 Å². The Bertz CT molecular complexity index is 708. The Morgan fingerprint density at radius 2 is 2.29 bits per heavy atom. The van der Waals surface area contributed by atoms with Gasteiger partial charge in [0.2, 0.25) is 0 Å². The monoisotopic (exact) mass is 283 g/mol. The number of aliphatic hydroxyl groups excluding tert-OH is 1. The fourth-order valence-electron chi connectivity index (χ4n) is 1.99. The minimum Gasteiger partial charge on any atom is -0.384 e. The van der Waals surface area contributed by atoms with E-state index in [1.165, 1.54) is 6.20 Å². The molecule has 0 radical (unpaired) electrons. The average Bonchev–Trinajstić information content (AvgIpc) is 2.92. The maximum atomic E-state index is 12.2. The molecule has 1 amide bonds. The van der Waals surface area contributed by atoms with Crippen LogP contribution in [0.2, 0.25) is 0 Å². The van der Waals surface area contributed by atoms with E-state index in [9.17, 15) is 4.79 Å². The zero-order valence-electron chi connectivity index (χ0n) is 12.1. The minimum absolute atomic E-state index is 0.166. The van der Waals surface area contributed by atoms with E-state index < -0.39 is 0 Å². The number of aryl methyl sites for hydroxylation is 2. The van der Waals surface area contributed by atoms with Crippen LogP contribution >= 0.6 is 0 Å². The number of nitrogens with zero attached hydrogens (tertiary/aromatic N) is 2. The Morgan fingerprint density at radius 1 is 1.48 bits per heavy atom. The Balaban J connectivity index is 2.24. The highest BCUT2D eigenvalue weighted by atomic mass is 16.2. The number of aliphatic hydroxyl groups is 1. The molecule has 5 nitrogen and oxygen atoms in total. The van der Waals surface area contributed by atoms with Gasteiger partial charge in [-0.15, -0.1) is 0 Å². The first-order valence-corrected chi connectivity index (χ1v) is 6.66. The fourth-order valence-corrected chi connectivity index (χ4v) is 1.99. The van der Waals surface area contributed by atoms with Crippen LogP contribution in [0.4, 0.5) is 5.69 Å². The Labute approximate surface area is 123 Å². The zero-order valence-corrected chi connectivity index (χ0v) is 12.1. The van der Waals surface area contributed by atoms with Crippen molar-refractivity contribution in [2.24, 2.45) is 7.05 Å². The van der Waals surface area contributed by atoms with Gasteiger partial charge < -0.3 is 15.0 Å². The van der Waals surface area contributed by atoms with Crippen LogP contribution in [0.1, 0.15) is 28.5 Å². The Hall–Kier alpha value is -2.58. The third kappa shape index (κ3) is 3.50. The first-order chi connectivity index (χ1) is 10.2. The topological polar surface area (TPSA) is 67.2 Å². The van der Waals surface area contributed by atoms with E-state index in [4.69, 9.17) is 5.11 Å². The Morgan fingerprint density at radius 3 is 2.90 bits per heavy atom. The molecule has 1 aromatic carbocycles. The van der Waals surface area contributed by atoms with E-state index in [2.05, 4.69) is 22.1 Å². The molecular formula is C16H17N3O2. The molecule has 0 saturated carbocycles. The molecule has 0 bridgehead atoms. The highest BCUT2D eigenvalue weighted by Gasteiger charge is 2.11. The smallest absolute Gasteiger partial charge is 0.273 e. The number of hydrogen-bond donors (Lipinski definition) is 2. The summed E-state index contributed by atoms with van der Waals surface area (Å²) in [4.78, 5) is 16.1. The van der Waals surface area contributed by atoms with Gasteiger partial charge in [0.1, 0.15) is 12.3 Å². The van der Waals surface area contributed by atoms with Crippen molar-refractivity contribution in [3.63, 3.8) is 0 Å². The lowest BCUT2D eigenvalue weighted by atomic mass is 10.1. The van der Waals surface area contributed by atoms with E-state index in [0.29, 0.717) is 5.69 Å². The highest BCUT2D eigenvalue weighted by Crippen LogP contribution is 2.19. The van der Waals surface area contributed by atoms with Gasteiger partial charge in [0.25, 0.3) is 5.91 Å². The summed E-state index contributed by atoms with van der Waals surface area (Å²) in [7, 11) is 1.77. The zero-order chi connectivity index (χ0) is 15.2. The molecule has 2 aromatic rings. The molecule has 2 N–H and O–H groups in total. The Kier molecular flexibility index (Phi) is 4.75. The molecule has 0 spiro atoms. The third-order valence-corrected chi connectivity index (χ3v) is 3.10. The standard InChI is InChI=1S/C16H17N3O2/c1-3-13-9-12(5-4-8-20)6-7-14(13)18-16(21)15-10-17-11-19(15)2/h6-7,9-11,20H,3,8H2,1-2H3,(H,18,21). The normalized spacial score (nSPS) is 9.86. The van der Waals surface area contributed by atoms with Crippen molar-refractivity contribution in [3.8, 4) is 11.8 Å². The summed E-state index contributed by atoms with van der Waals surface area (Å²) in [5.74, 6) is 5.28. The van der Waals surface area contributed by atoms with Crippen molar-refractivity contribution in [1.82, 2.24) is 9.55 Å². The number of nitrogens with one attached hydrogen (secondary N) is 1. The van der Waals surface area contributed by atoms with Gasteiger partial charge in [-0.3, -0.25) is 4.79 Å². The maximum Gasteiger partial charge on any atom is 0.273 e. The SMILES string of the molecule is CCc1cc(C#CCO)ccc1NC(=O)c1cncn1C. The van der Waals surface area contributed by atoms with Crippen LogP contribution in [0.5, 0.6) is 0 Å². The van der Waals surface area contributed by atoms with E-state index in [0.717, 1.165) is 23.2 Å². The number of benzene rings is 1. The molecular weight excluding hydrogens is 266 g/mol. The second-order valence-electron chi connectivity index (χ2n) is 4.53. The van der Waals surface area contributed by atoms with Crippen LogP contribution in [-0.2, 0) is 13.5 Å². The van der Waals surface area contributed by atoms with Crippen LogP contribution in [0.25, 0.3) is 0 Å². The van der Waals surface area contributed by atoms with Gasteiger partial charge in [-0.25, -0.2) is 4.98 Å². The third-order valence-electron chi connectivity index (χ3n) is 3.10. The number of imidazole rings is 1. The van der Waals surface area contributed by atoms with Gasteiger partial charge in [0.05, 0.1) is 12.5 Å². The van der Waals surface area contributed by atoms with Gasteiger partial charge in [-0.1, -0.05) is 18.8 Å². The van der Waals surface area contributed by atoms with Crippen LogP contribution in [0.3, 0.4) is 0 Å². The lowest BCUT2D eigenvalue weighted by molar-refractivity contribution is 0.101. The number of carbonyl (C=O) groups is 1. The van der Waals surface area contributed by atoms with Crippen molar-refractivity contribution in [2.75, 3.05) is 11.9 Å². The molecule has 0 aliphatic heterocycles. The molecule has 1 aromatic heterocycles. The number of anilines is 1. The maximum absolute atomic E-state index is 12.2. The number of hydrogen-bond acceptors (Lipinski definition) is 3. The molecule has 0 aliphatic rings. The van der Waals surface area contributed by atoms with Crippen LogP contribution in [-0.4, -0.2) is 27.2 Å². The van der Waals surface area contributed by atoms with Crippen molar-refractivity contribution in [2.45, 2.75) is 13.3 Å². The predicted octanol–water partition coefficient (Wildman–Crippen LogP) is 1.58. The number of rotatable bonds is 3. The van der Waals surface area contributed by atoms with Crippen molar-refractivity contribution >= 4 is 11.6 Å². The summed E-state index contributed by atoms with van der Waals surface area (Å²) in [5, 5.41) is 11.6. The number of aromatic nitrogens is 2. The summed E-state index contributed by atoms with van der Waals surface area (Å²) >= 11 is 0. The van der Waals surface area contributed by atoms with Gasteiger partial charge in [-0.2, -0.15) is 0 Å². The van der Waals surface area contributed by atoms with Crippen LogP contribution in [0, 0.1) is 11.8 Å². The van der Waals surface area contributed by atoms with E-state index in [1.54, 1.807) is 17.9 Å². The summed E-state index contributed by atoms with van der Waals surface area (Å²) in [5.41, 5.74) is 3.08. The molecule has 0 saturated heterocycles. The number of amides is 1. The molecule has 5 heteroatoms. The molecule has 0 fully saturated rings. The molecule has 2 rings (SSSR count). The largest absolute Gasteiger partial charge is 0.384 e. The molecule has 0 unspecified atom stereocenters. The molecule has 0 aliphatic carbocycles. The lowest BCUT2D eigenvalue weighted by Gasteiger charge is -2.10. The van der Waals surface area contributed by atoms with Gasteiger partial charge in [0.15, 0.2) is 0 Å². The lowest BCUT2D eigenvalue weighted by Crippen LogP contribution is -2.16. The summed E-state index contributed by atoms with van der Waals surface area (Å²) in [6.07, 6.45) is 3.89. The summed E-state index contributed by atoms with van der Waals surface area (Å²) < 4.78 is 1.67. The molecule has 1 heterocycles. The van der Waals surface area contributed by atoms with E-state index in [-0.39, 0.29) is 12.5 Å². The second-order valence-corrected chi connectivity index (χ2v) is 4.53. The summed E-state index contributed by atoms with van der Waals surface area (Å²) in [6.45, 7) is 1.85. The average molecular weight is 283 g/mol. The van der Waals surface area contributed by atoms with E-state index >= 15 is 0 Å². The van der Waals surface area contributed by atoms with Gasteiger partial charge in [-0.05, 0) is 30.2 Å².